The fourth-order valence-electron chi connectivity index (χ4n) is 2.92. The topological polar surface area (TPSA) is 88.2 Å². The number of rotatable bonds is 9. The number of hydrogen-bond donors (Lipinski definition) is 0. The van der Waals surface area contributed by atoms with Gasteiger partial charge in [0.1, 0.15) is 0 Å². The molecule has 152 valence electrons. The van der Waals surface area contributed by atoms with Crippen LogP contribution in [0.4, 0.5) is 5.69 Å². The van der Waals surface area contributed by atoms with Crippen LogP contribution in [0.5, 0.6) is 0 Å². The molecule has 2 aromatic carbocycles. The monoisotopic (exact) mass is 402 g/mol. The SMILES string of the molecule is N#CCCN(C(=O)COC(=O)CCc1cnn(-c2ccccc2)c1)c1ccccc1. The van der Waals surface area contributed by atoms with Crippen LogP contribution in [0, 0.1) is 11.3 Å². The predicted molar refractivity (Wildman–Crippen MR) is 112 cm³/mol. The number of aryl methyl sites for hydroxylation is 1. The molecule has 0 aliphatic carbocycles. The minimum Gasteiger partial charge on any atom is -0.456 e. The first kappa shape index (κ1) is 20.8. The maximum absolute atomic E-state index is 12.5. The van der Waals surface area contributed by atoms with Gasteiger partial charge in [-0.25, -0.2) is 4.68 Å². The summed E-state index contributed by atoms with van der Waals surface area (Å²) in [5, 5.41) is 13.1. The lowest BCUT2D eigenvalue weighted by atomic mass is 10.2. The highest BCUT2D eigenvalue weighted by Gasteiger charge is 2.17. The van der Waals surface area contributed by atoms with Crippen LogP contribution in [0.2, 0.25) is 0 Å². The number of amides is 1. The van der Waals surface area contributed by atoms with Crippen molar-refractivity contribution in [1.29, 1.82) is 5.26 Å². The van der Waals surface area contributed by atoms with Crippen molar-refractivity contribution in [1.82, 2.24) is 9.78 Å². The number of carbonyl (C=O) groups excluding carboxylic acids is 2. The second-order valence-electron chi connectivity index (χ2n) is 6.58. The van der Waals surface area contributed by atoms with E-state index in [1.54, 1.807) is 23.0 Å². The number of benzene rings is 2. The summed E-state index contributed by atoms with van der Waals surface area (Å²) in [4.78, 5) is 26.1. The first-order valence-corrected chi connectivity index (χ1v) is 9.64. The summed E-state index contributed by atoms with van der Waals surface area (Å²) in [6.45, 7) is -0.113. The molecular formula is C23H22N4O3. The molecule has 0 N–H and O–H groups in total. The van der Waals surface area contributed by atoms with Crippen molar-refractivity contribution in [2.45, 2.75) is 19.3 Å². The Morgan fingerprint density at radius 3 is 2.47 bits per heavy atom. The summed E-state index contributed by atoms with van der Waals surface area (Å²) < 4.78 is 6.91. The number of hydrogen-bond acceptors (Lipinski definition) is 5. The van der Waals surface area contributed by atoms with Gasteiger partial charge in [-0.15, -0.1) is 0 Å². The van der Waals surface area contributed by atoms with E-state index < -0.39 is 5.97 Å². The summed E-state index contributed by atoms with van der Waals surface area (Å²) in [5.41, 5.74) is 2.51. The quantitative estimate of drug-likeness (QED) is 0.513. The number of anilines is 1. The summed E-state index contributed by atoms with van der Waals surface area (Å²) in [6.07, 6.45) is 4.39. The number of carbonyl (C=O) groups is 2. The van der Waals surface area contributed by atoms with Gasteiger partial charge in [-0.3, -0.25) is 9.59 Å². The van der Waals surface area contributed by atoms with Crippen LogP contribution in [0.1, 0.15) is 18.4 Å². The zero-order chi connectivity index (χ0) is 21.2. The molecule has 1 heterocycles. The largest absolute Gasteiger partial charge is 0.456 e. The van der Waals surface area contributed by atoms with Crippen molar-refractivity contribution < 1.29 is 14.3 Å². The molecule has 1 aromatic heterocycles. The molecule has 7 nitrogen and oxygen atoms in total. The fourth-order valence-corrected chi connectivity index (χ4v) is 2.92. The Labute approximate surface area is 175 Å². The van der Waals surface area contributed by atoms with Crippen LogP contribution in [-0.4, -0.2) is 34.8 Å². The zero-order valence-corrected chi connectivity index (χ0v) is 16.5. The molecule has 0 radical (unpaired) electrons. The molecule has 3 aromatic rings. The Hall–Kier alpha value is -3.92. The number of aromatic nitrogens is 2. The Bertz CT molecular complexity index is 1010. The zero-order valence-electron chi connectivity index (χ0n) is 16.5. The van der Waals surface area contributed by atoms with Crippen LogP contribution in [0.25, 0.3) is 5.69 Å². The highest BCUT2D eigenvalue weighted by Crippen LogP contribution is 2.14. The number of nitrogens with zero attached hydrogens (tertiary/aromatic N) is 4. The lowest BCUT2D eigenvalue weighted by Gasteiger charge is -2.21. The van der Waals surface area contributed by atoms with Crippen LogP contribution < -0.4 is 4.90 Å². The van der Waals surface area contributed by atoms with Gasteiger partial charge in [0.15, 0.2) is 6.61 Å². The third-order valence-corrected chi connectivity index (χ3v) is 4.45. The minimum atomic E-state index is -0.455. The third-order valence-electron chi connectivity index (χ3n) is 4.45. The van der Waals surface area contributed by atoms with Gasteiger partial charge in [-0.05, 0) is 36.2 Å². The molecule has 0 unspecified atom stereocenters. The van der Waals surface area contributed by atoms with E-state index in [4.69, 9.17) is 10.00 Å². The molecule has 0 saturated carbocycles. The normalized spacial score (nSPS) is 10.2. The molecule has 1 amide bonds. The summed E-state index contributed by atoms with van der Waals surface area (Å²) >= 11 is 0. The Balaban J connectivity index is 1.49. The molecule has 0 fully saturated rings. The number of ether oxygens (including phenoxy) is 1. The second-order valence-corrected chi connectivity index (χ2v) is 6.58. The van der Waals surface area contributed by atoms with E-state index in [9.17, 15) is 9.59 Å². The molecule has 0 aliphatic heterocycles. The van der Waals surface area contributed by atoms with Gasteiger partial charge in [0.25, 0.3) is 5.91 Å². The number of nitriles is 1. The van der Waals surface area contributed by atoms with Gasteiger partial charge in [0.05, 0.1) is 24.4 Å². The number of para-hydroxylation sites is 2. The van der Waals surface area contributed by atoms with Crippen molar-refractivity contribution >= 4 is 17.6 Å². The van der Waals surface area contributed by atoms with Gasteiger partial charge in [-0.2, -0.15) is 10.4 Å². The predicted octanol–water partition coefficient (Wildman–Crippen LogP) is 3.29. The second kappa shape index (κ2) is 10.6. The number of esters is 1. The van der Waals surface area contributed by atoms with Gasteiger partial charge < -0.3 is 9.64 Å². The van der Waals surface area contributed by atoms with Gasteiger partial charge in [0, 0.05) is 24.8 Å². The van der Waals surface area contributed by atoms with E-state index in [0.717, 1.165) is 11.3 Å². The first-order chi connectivity index (χ1) is 14.7. The lowest BCUT2D eigenvalue weighted by Crippen LogP contribution is -2.35. The fraction of sp³-hybridized carbons (Fsp3) is 0.217. The first-order valence-electron chi connectivity index (χ1n) is 9.64. The molecule has 0 saturated heterocycles. The average molecular weight is 402 g/mol. The molecule has 7 heteroatoms. The van der Waals surface area contributed by atoms with Gasteiger partial charge in [-0.1, -0.05) is 36.4 Å². The Morgan fingerprint density at radius 2 is 1.77 bits per heavy atom. The minimum absolute atomic E-state index is 0.150. The molecular weight excluding hydrogens is 380 g/mol. The maximum Gasteiger partial charge on any atom is 0.306 e. The van der Waals surface area contributed by atoms with Crippen molar-refractivity contribution in [3.05, 3.63) is 78.6 Å². The van der Waals surface area contributed by atoms with E-state index in [1.165, 1.54) is 4.90 Å². The van der Waals surface area contributed by atoms with Crippen molar-refractivity contribution in [2.24, 2.45) is 0 Å². The molecule has 30 heavy (non-hydrogen) atoms. The third kappa shape index (κ3) is 5.79. The summed E-state index contributed by atoms with van der Waals surface area (Å²) in [7, 11) is 0. The van der Waals surface area contributed by atoms with E-state index in [0.29, 0.717) is 12.1 Å². The molecule has 0 spiro atoms. The molecule has 0 aliphatic rings. The molecule has 0 atom stereocenters. The lowest BCUT2D eigenvalue weighted by molar-refractivity contribution is -0.147. The van der Waals surface area contributed by atoms with Gasteiger partial charge in [0.2, 0.25) is 0 Å². The smallest absolute Gasteiger partial charge is 0.306 e. The van der Waals surface area contributed by atoms with Crippen LogP contribution in [-0.2, 0) is 20.7 Å². The van der Waals surface area contributed by atoms with Crippen molar-refractivity contribution in [3.8, 4) is 11.8 Å². The van der Waals surface area contributed by atoms with Crippen LogP contribution >= 0.6 is 0 Å². The Morgan fingerprint density at radius 1 is 1.07 bits per heavy atom. The van der Waals surface area contributed by atoms with E-state index in [1.807, 2.05) is 60.8 Å². The van der Waals surface area contributed by atoms with Crippen molar-refractivity contribution in [2.75, 3.05) is 18.1 Å². The van der Waals surface area contributed by atoms with Crippen LogP contribution in [0.15, 0.2) is 73.1 Å². The van der Waals surface area contributed by atoms with E-state index >= 15 is 0 Å². The van der Waals surface area contributed by atoms with E-state index in [-0.39, 0.29) is 31.9 Å². The van der Waals surface area contributed by atoms with Crippen molar-refractivity contribution in [3.63, 3.8) is 0 Å². The van der Waals surface area contributed by atoms with Gasteiger partial charge >= 0.3 is 5.97 Å². The van der Waals surface area contributed by atoms with Crippen LogP contribution in [0.3, 0.4) is 0 Å². The summed E-state index contributed by atoms with van der Waals surface area (Å²) in [5.74, 6) is -0.814. The Kier molecular flexibility index (Phi) is 7.34. The maximum atomic E-state index is 12.5. The highest BCUT2D eigenvalue weighted by molar-refractivity contribution is 5.95. The molecule has 0 bridgehead atoms. The molecule has 3 rings (SSSR count). The average Bonchev–Trinajstić information content (AvgIpc) is 3.27. The van der Waals surface area contributed by atoms with E-state index in [2.05, 4.69) is 5.10 Å². The summed E-state index contributed by atoms with van der Waals surface area (Å²) in [6, 6.07) is 20.7. The standard InChI is InChI=1S/C23H22N4O3/c24-14-7-15-26(20-8-3-1-4-9-20)22(28)18-30-23(29)13-12-19-16-25-27(17-19)21-10-5-2-6-11-21/h1-6,8-11,16-17H,7,12-13,15,18H2. The highest BCUT2D eigenvalue weighted by atomic mass is 16.5.